The minimum Gasteiger partial charge on any atom is -0.396 e. The van der Waals surface area contributed by atoms with E-state index in [1.165, 1.54) is 0 Å². The second-order valence-corrected chi connectivity index (χ2v) is 10.4. The number of ether oxygens (including phenoxy) is 1. The first-order valence-electron chi connectivity index (χ1n) is 12.4. The number of nitrogens with zero attached hydrogens (tertiary/aromatic N) is 1. The molecular formula is C26H37N3O5. The maximum absolute atomic E-state index is 13.8. The molecule has 3 saturated heterocycles. The van der Waals surface area contributed by atoms with E-state index < -0.39 is 29.1 Å². The van der Waals surface area contributed by atoms with Crippen molar-refractivity contribution in [2.75, 3.05) is 25.0 Å². The summed E-state index contributed by atoms with van der Waals surface area (Å²) >= 11 is 0. The number of aryl methyl sites for hydroxylation is 2. The van der Waals surface area contributed by atoms with Crippen LogP contribution < -0.4 is 10.6 Å². The standard InChI is InChI=1S/C26H37N3O5/c1-6-10-27-22(31)19-20-24(33)29(11-7-12-30)21(26(20)14-17(4)25(19,5)34-26)23(32)28-18-13-15(2)8-9-16(18)3/h8-9,13,17,19-21,30H,6-7,10-12,14H2,1-5H3,(H,27,31)(H,28,32)/t17?,19-,20-,21?,25+,26?/m0/s1. The normalized spacial score (nSPS) is 33.8. The second kappa shape index (κ2) is 8.96. The van der Waals surface area contributed by atoms with Crippen LogP contribution in [-0.2, 0) is 19.1 Å². The lowest BCUT2D eigenvalue weighted by Gasteiger charge is -2.36. The van der Waals surface area contributed by atoms with Crippen LogP contribution in [-0.4, -0.2) is 64.7 Å². The van der Waals surface area contributed by atoms with Gasteiger partial charge in [-0.25, -0.2) is 0 Å². The van der Waals surface area contributed by atoms with E-state index in [9.17, 15) is 19.5 Å². The van der Waals surface area contributed by atoms with Gasteiger partial charge in [-0.3, -0.25) is 14.4 Å². The van der Waals surface area contributed by atoms with Crippen molar-refractivity contribution in [3.8, 4) is 0 Å². The van der Waals surface area contributed by atoms with Crippen LogP contribution in [0.5, 0.6) is 0 Å². The molecule has 3 unspecified atom stereocenters. The summed E-state index contributed by atoms with van der Waals surface area (Å²) in [6, 6.07) is 4.97. The van der Waals surface area contributed by atoms with E-state index in [0.29, 0.717) is 25.1 Å². The Hall–Kier alpha value is -2.45. The first-order valence-corrected chi connectivity index (χ1v) is 12.4. The zero-order valence-electron chi connectivity index (χ0n) is 20.8. The highest BCUT2D eigenvalue weighted by molar-refractivity contribution is 6.04. The topological polar surface area (TPSA) is 108 Å². The van der Waals surface area contributed by atoms with E-state index in [2.05, 4.69) is 10.6 Å². The van der Waals surface area contributed by atoms with Crippen LogP contribution in [0.4, 0.5) is 5.69 Å². The molecule has 3 N–H and O–H groups in total. The van der Waals surface area contributed by atoms with Crippen molar-refractivity contribution in [2.45, 2.75) is 71.1 Å². The van der Waals surface area contributed by atoms with Crippen LogP contribution in [0.2, 0.25) is 0 Å². The molecule has 34 heavy (non-hydrogen) atoms. The number of benzene rings is 1. The molecule has 8 heteroatoms. The molecule has 3 amide bonds. The van der Waals surface area contributed by atoms with Gasteiger partial charge in [0, 0.05) is 25.4 Å². The number of carbonyl (C=O) groups is 3. The average Bonchev–Trinajstić information content (AvgIpc) is 3.29. The zero-order valence-corrected chi connectivity index (χ0v) is 20.8. The molecule has 0 aromatic heterocycles. The zero-order chi connectivity index (χ0) is 24.8. The van der Waals surface area contributed by atoms with Gasteiger partial charge in [-0.1, -0.05) is 26.0 Å². The van der Waals surface area contributed by atoms with Gasteiger partial charge < -0.3 is 25.4 Å². The molecule has 6 atom stereocenters. The number of anilines is 1. The Bertz CT molecular complexity index is 997. The fraction of sp³-hybridized carbons (Fsp3) is 0.654. The minimum atomic E-state index is -1.07. The summed E-state index contributed by atoms with van der Waals surface area (Å²) in [5.74, 6) is -2.11. The fourth-order valence-corrected chi connectivity index (χ4v) is 6.35. The van der Waals surface area contributed by atoms with Crippen LogP contribution in [0, 0.1) is 31.6 Å². The third-order valence-electron chi connectivity index (χ3n) is 8.10. The molecule has 4 rings (SSSR count). The quantitative estimate of drug-likeness (QED) is 0.539. The van der Waals surface area contributed by atoms with Gasteiger partial charge in [-0.2, -0.15) is 0 Å². The third kappa shape index (κ3) is 3.62. The summed E-state index contributed by atoms with van der Waals surface area (Å²) in [7, 11) is 0. The highest BCUT2D eigenvalue weighted by Crippen LogP contribution is 2.65. The Labute approximate surface area is 201 Å². The van der Waals surface area contributed by atoms with E-state index in [-0.39, 0.29) is 36.8 Å². The van der Waals surface area contributed by atoms with E-state index >= 15 is 0 Å². The minimum absolute atomic E-state index is 0.00252. The van der Waals surface area contributed by atoms with Gasteiger partial charge in [0.2, 0.25) is 17.7 Å². The van der Waals surface area contributed by atoms with E-state index in [1.807, 2.05) is 52.8 Å². The van der Waals surface area contributed by atoms with Crippen molar-refractivity contribution in [3.05, 3.63) is 29.3 Å². The van der Waals surface area contributed by atoms with Crippen LogP contribution in [0.25, 0.3) is 0 Å². The molecule has 3 fully saturated rings. The van der Waals surface area contributed by atoms with E-state index in [4.69, 9.17) is 4.74 Å². The highest BCUT2D eigenvalue weighted by atomic mass is 16.5. The third-order valence-corrected chi connectivity index (χ3v) is 8.10. The first kappa shape index (κ1) is 24.7. The SMILES string of the molecule is CCCNC(=O)[C@@H]1[C@H]2C(=O)N(CCCO)C(C(=O)Nc3cc(C)ccc3C)C23CC(C)[C@@]1(C)O3. The Balaban J connectivity index is 1.74. The lowest BCUT2D eigenvalue weighted by molar-refractivity contribution is -0.146. The number of hydrogen-bond donors (Lipinski definition) is 3. The molecule has 3 aliphatic heterocycles. The first-order chi connectivity index (χ1) is 16.1. The number of amides is 3. The molecule has 3 heterocycles. The van der Waals surface area contributed by atoms with Gasteiger partial charge in [0.1, 0.15) is 11.6 Å². The van der Waals surface area contributed by atoms with E-state index in [1.54, 1.807) is 4.90 Å². The molecular weight excluding hydrogens is 434 g/mol. The van der Waals surface area contributed by atoms with Gasteiger partial charge in [0.15, 0.2) is 0 Å². The molecule has 3 aliphatic rings. The summed E-state index contributed by atoms with van der Waals surface area (Å²) < 4.78 is 6.66. The predicted octanol–water partition coefficient (Wildman–Crippen LogP) is 2.16. The number of carbonyl (C=O) groups excluding carboxylic acids is 3. The molecule has 186 valence electrons. The van der Waals surface area contributed by atoms with Crippen LogP contribution in [0.15, 0.2) is 18.2 Å². The predicted molar refractivity (Wildman–Crippen MR) is 128 cm³/mol. The van der Waals surface area contributed by atoms with Crippen molar-refractivity contribution in [2.24, 2.45) is 17.8 Å². The smallest absolute Gasteiger partial charge is 0.250 e. The van der Waals surface area contributed by atoms with Gasteiger partial charge in [0.05, 0.1) is 17.4 Å². The maximum atomic E-state index is 13.8. The highest BCUT2D eigenvalue weighted by Gasteiger charge is 2.79. The van der Waals surface area contributed by atoms with Crippen molar-refractivity contribution in [1.82, 2.24) is 10.2 Å². The molecule has 2 bridgehead atoms. The number of likely N-dealkylation sites (tertiary alicyclic amines) is 1. The van der Waals surface area contributed by atoms with Crippen LogP contribution in [0.1, 0.15) is 51.2 Å². The molecule has 0 saturated carbocycles. The Morgan fingerprint density at radius 1 is 1.26 bits per heavy atom. The number of aliphatic hydroxyl groups excluding tert-OH is 1. The van der Waals surface area contributed by atoms with Crippen molar-refractivity contribution in [3.63, 3.8) is 0 Å². The summed E-state index contributed by atoms with van der Waals surface area (Å²) in [6.45, 7) is 10.5. The molecule has 1 aromatic rings. The van der Waals surface area contributed by atoms with Crippen molar-refractivity contribution < 1.29 is 24.2 Å². The Morgan fingerprint density at radius 3 is 2.68 bits per heavy atom. The van der Waals surface area contributed by atoms with Crippen LogP contribution >= 0.6 is 0 Å². The van der Waals surface area contributed by atoms with Gasteiger partial charge in [-0.15, -0.1) is 0 Å². The fourth-order valence-electron chi connectivity index (χ4n) is 6.35. The van der Waals surface area contributed by atoms with Gasteiger partial charge >= 0.3 is 0 Å². The summed E-state index contributed by atoms with van der Waals surface area (Å²) in [6.07, 6.45) is 1.66. The van der Waals surface area contributed by atoms with Crippen molar-refractivity contribution in [1.29, 1.82) is 0 Å². The Morgan fingerprint density at radius 2 is 2.00 bits per heavy atom. The van der Waals surface area contributed by atoms with Gasteiger partial charge in [0.25, 0.3) is 0 Å². The monoisotopic (exact) mass is 471 g/mol. The number of aliphatic hydroxyl groups is 1. The van der Waals surface area contributed by atoms with Crippen molar-refractivity contribution >= 4 is 23.4 Å². The lowest BCUT2D eigenvalue weighted by atomic mass is 9.62. The number of rotatable bonds is 8. The molecule has 0 aliphatic carbocycles. The van der Waals surface area contributed by atoms with Crippen LogP contribution in [0.3, 0.4) is 0 Å². The maximum Gasteiger partial charge on any atom is 0.250 e. The lowest BCUT2D eigenvalue weighted by Crippen LogP contribution is -2.54. The molecule has 1 spiro atoms. The average molecular weight is 472 g/mol. The summed E-state index contributed by atoms with van der Waals surface area (Å²) in [5.41, 5.74) is 0.746. The molecule has 8 nitrogen and oxygen atoms in total. The summed E-state index contributed by atoms with van der Waals surface area (Å²) in [4.78, 5) is 42.5. The number of nitrogens with one attached hydrogen (secondary N) is 2. The largest absolute Gasteiger partial charge is 0.396 e. The number of fused-ring (bicyclic) bond motifs is 1. The number of hydrogen-bond acceptors (Lipinski definition) is 5. The second-order valence-electron chi connectivity index (χ2n) is 10.4. The Kier molecular flexibility index (Phi) is 6.50. The van der Waals surface area contributed by atoms with E-state index in [0.717, 1.165) is 17.5 Å². The molecule has 0 radical (unpaired) electrons. The van der Waals surface area contributed by atoms with Gasteiger partial charge in [-0.05, 0) is 63.1 Å². The molecule has 1 aromatic carbocycles. The summed E-state index contributed by atoms with van der Waals surface area (Å²) in [5, 5.41) is 15.5.